The van der Waals surface area contributed by atoms with Gasteiger partial charge in [0.15, 0.2) is 0 Å². The molecule has 32 heavy (non-hydrogen) atoms. The van der Waals surface area contributed by atoms with Crippen molar-refractivity contribution >= 4 is 17.6 Å². The SMILES string of the molecule is CCOC(=O)CN1CCc2nc(OCc3cccc(-c4ccccc4C)c3Cl)ccc2C1. The number of aryl methyl sites for hydroxylation is 1. The molecule has 6 heteroatoms. The molecule has 3 aromatic rings. The zero-order valence-corrected chi connectivity index (χ0v) is 19.2. The molecule has 0 spiro atoms. The Hall–Kier alpha value is -2.89. The maximum Gasteiger partial charge on any atom is 0.320 e. The second-order valence-electron chi connectivity index (χ2n) is 7.90. The molecule has 0 saturated heterocycles. The van der Waals surface area contributed by atoms with Crippen molar-refractivity contribution in [2.24, 2.45) is 0 Å². The zero-order valence-electron chi connectivity index (χ0n) is 18.4. The normalized spacial score (nSPS) is 13.5. The first kappa shape index (κ1) is 22.3. The highest BCUT2D eigenvalue weighted by atomic mass is 35.5. The van der Waals surface area contributed by atoms with Crippen LogP contribution in [-0.4, -0.2) is 35.5 Å². The Morgan fingerprint density at radius 3 is 2.72 bits per heavy atom. The van der Waals surface area contributed by atoms with Gasteiger partial charge in [0.1, 0.15) is 6.61 Å². The van der Waals surface area contributed by atoms with Gasteiger partial charge in [-0.15, -0.1) is 0 Å². The molecule has 0 unspecified atom stereocenters. The van der Waals surface area contributed by atoms with Crippen LogP contribution in [0.2, 0.25) is 5.02 Å². The lowest BCUT2D eigenvalue weighted by Gasteiger charge is -2.27. The van der Waals surface area contributed by atoms with Gasteiger partial charge in [-0.25, -0.2) is 4.98 Å². The maximum atomic E-state index is 11.7. The van der Waals surface area contributed by atoms with Gasteiger partial charge in [-0.1, -0.05) is 60.1 Å². The molecule has 0 atom stereocenters. The molecule has 2 heterocycles. The number of hydrogen-bond donors (Lipinski definition) is 0. The molecule has 0 radical (unpaired) electrons. The van der Waals surface area contributed by atoms with E-state index in [9.17, 15) is 4.79 Å². The fraction of sp³-hybridized carbons (Fsp3) is 0.308. The lowest BCUT2D eigenvalue weighted by atomic mass is 9.99. The summed E-state index contributed by atoms with van der Waals surface area (Å²) in [6.07, 6.45) is 0.773. The van der Waals surface area contributed by atoms with Crippen LogP contribution in [-0.2, 0) is 29.1 Å². The third-order valence-corrected chi connectivity index (χ3v) is 6.10. The summed E-state index contributed by atoms with van der Waals surface area (Å²) in [4.78, 5) is 18.5. The molecule has 0 aliphatic carbocycles. The van der Waals surface area contributed by atoms with Gasteiger partial charge in [0, 0.05) is 36.7 Å². The molecule has 166 valence electrons. The molecule has 1 aliphatic heterocycles. The number of carbonyl (C=O) groups is 1. The Labute approximate surface area is 193 Å². The van der Waals surface area contributed by atoms with Crippen LogP contribution in [0.15, 0.2) is 54.6 Å². The average Bonchev–Trinajstić information content (AvgIpc) is 2.79. The molecular formula is C26H27ClN2O3. The van der Waals surface area contributed by atoms with Gasteiger partial charge in [-0.3, -0.25) is 9.69 Å². The third kappa shape index (κ3) is 5.12. The monoisotopic (exact) mass is 450 g/mol. The van der Waals surface area contributed by atoms with Crippen molar-refractivity contribution in [3.8, 4) is 17.0 Å². The minimum atomic E-state index is -0.186. The van der Waals surface area contributed by atoms with Gasteiger partial charge in [0.05, 0.1) is 23.9 Å². The Bertz CT molecular complexity index is 1120. The van der Waals surface area contributed by atoms with E-state index < -0.39 is 0 Å². The summed E-state index contributed by atoms with van der Waals surface area (Å²) in [5, 5.41) is 0.703. The fourth-order valence-electron chi connectivity index (χ4n) is 3.99. The quantitative estimate of drug-likeness (QED) is 0.462. The van der Waals surface area contributed by atoms with E-state index in [1.807, 2.05) is 49.4 Å². The Morgan fingerprint density at radius 1 is 1.09 bits per heavy atom. The van der Waals surface area contributed by atoms with E-state index in [1.165, 1.54) is 5.56 Å². The van der Waals surface area contributed by atoms with E-state index in [0.717, 1.165) is 40.9 Å². The molecule has 4 rings (SSSR count). The molecule has 5 nitrogen and oxygen atoms in total. The van der Waals surface area contributed by atoms with Crippen LogP contribution in [0.3, 0.4) is 0 Å². The van der Waals surface area contributed by atoms with Crippen LogP contribution >= 0.6 is 11.6 Å². The number of nitrogens with zero attached hydrogens (tertiary/aromatic N) is 2. The molecular weight excluding hydrogens is 424 g/mol. The third-order valence-electron chi connectivity index (χ3n) is 5.65. The van der Waals surface area contributed by atoms with Crippen molar-refractivity contribution in [1.29, 1.82) is 0 Å². The summed E-state index contributed by atoms with van der Waals surface area (Å²) >= 11 is 6.73. The summed E-state index contributed by atoms with van der Waals surface area (Å²) in [5.41, 5.74) is 6.37. The number of esters is 1. The van der Waals surface area contributed by atoms with Crippen molar-refractivity contribution in [3.05, 3.63) is 82.0 Å². The molecule has 1 aliphatic rings. The van der Waals surface area contributed by atoms with Crippen molar-refractivity contribution in [1.82, 2.24) is 9.88 Å². The number of ether oxygens (including phenoxy) is 2. The smallest absolute Gasteiger partial charge is 0.320 e. The van der Waals surface area contributed by atoms with E-state index in [2.05, 4.69) is 24.0 Å². The van der Waals surface area contributed by atoms with Gasteiger partial charge in [0.2, 0.25) is 5.88 Å². The van der Waals surface area contributed by atoms with Gasteiger partial charge < -0.3 is 9.47 Å². The number of aromatic nitrogens is 1. The second kappa shape index (κ2) is 10.2. The number of hydrogen-bond acceptors (Lipinski definition) is 5. The predicted octanol–water partition coefficient (Wildman–Crippen LogP) is 5.21. The van der Waals surface area contributed by atoms with Gasteiger partial charge >= 0.3 is 5.97 Å². The largest absolute Gasteiger partial charge is 0.473 e. The highest BCUT2D eigenvalue weighted by molar-refractivity contribution is 6.34. The van der Waals surface area contributed by atoms with E-state index in [1.54, 1.807) is 0 Å². The number of rotatable bonds is 7. The van der Waals surface area contributed by atoms with Crippen molar-refractivity contribution in [2.75, 3.05) is 19.7 Å². The standard InChI is InChI=1S/C26H27ClN2O3/c1-3-31-25(30)16-29-14-13-23-19(15-29)11-12-24(28-23)32-17-20-8-6-10-22(26(20)27)21-9-5-4-7-18(21)2/h4-12H,3,13-17H2,1-2H3. The molecule has 0 N–H and O–H groups in total. The van der Waals surface area contributed by atoms with E-state index in [-0.39, 0.29) is 5.97 Å². The van der Waals surface area contributed by atoms with E-state index in [0.29, 0.717) is 37.2 Å². The lowest BCUT2D eigenvalue weighted by Crippen LogP contribution is -2.36. The topological polar surface area (TPSA) is 51.7 Å². The Balaban J connectivity index is 1.43. The highest BCUT2D eigenvalue weighted by Crippen LogP contribution is 2.33. The predicted molar refractivity (Wildman–Crippen MR) is 126 cm³/mol. The molecule has 0 saturated carbocycles. The van der Waals surface area contributed by atoms with Crippen LogP contribution in [0.5, 0.6) is 5.88 Å². The summed E-state index contributed by atoms with van der Waals surface area (Å²) in [6, 6.07) is 18.1. The average molecular weight is 451 g/mol. The summed E-state index contributed by atoms with van der Waals surface area (Å²) in [7, 11) is 0. The minimum absolute atomic E-state index is 0.186. The Morgan fingerprint density at radius 2 is 1.91 bits per heavy atom. The number of benzene rings is 2. The van der Waals surface area contributed by atoms with Crippen LogP contribution in [0.4, 0.5) is 0 Å². The van der Waals surface area contributed by atoms with Gasteiger partial charge in [-0.05, 0) is 30.5 Å². The van der Waals surface area contributed by atoms with Crippen LogP contribution in [0.25, 0.3) is 11.1 Å². The number of halogens is 1. The van der Waals surface area contributed by atoms with Crippen LogP contribution < -0.4 is 4.74 Å². The lowest BCUT2D eigenvalue weighted by molar-refractivity contribution is -0.144. The van der Waals surface area contributed by atoms with Crippen molar-refractivity contribution in [3.63, 3.8) is 0 Å². The van der Waals surface area contributed by atoms with Gasteiger partial charge in [0.25, 0.3) is 0 Å². The first-order valence-corrected chi connectivity index (χ1v) is 11.3. The summed E-state index contributed by atoms with van der Waals surface area (Å²) in [5.74, 6) is 0.397. The highest BCUT2D eigenvalue weighted by Gasteiger charge is 2.20. The number of pyridine rings is 1. The summed E-state index contributed by atoms with van der Waals surface area (Å²) in [6.45, 7) is 6.42. The van der Waals surface area contributed by atoms with Crippen LogP contribution in [0, 0.1) is 6.92 Å². The molecule has 0 amide bonds. The number of fused-ring (bicyclic) bond motifs is 1. The van der Waals surface area contributed by atoms with E-state index in [4.69, 9.17) is 26.1 Å². The second-order valence-corrected chi connectivity index (χ2v) is 8.28. The maximum absolute atomic E-state index is 11.7. The first-order valence-electron chi connectivity index (χ1n) is 10.9. The minimum Gasteiger partial charge on any atom is -0.473 e. The molecule has 2 aromatic carbocycles. The van der Waals surface area contributed by atoms with Crippen molar-refractivity contribution < 1.29 is 14.3 Å². The zero-order chi connectivity index (χ0) is 22.5. The molecule has 0 fully saturated rings. The van der Waals surface area contributed by atoms with Gasteiger partial charge in [-0.2, -0.15) is 0 Å². The molecule has 1 aromatic heterocycles. The summed E-state index contributed by atoms with van der Waals surface area (Å²) < 4.78 is 11.1. The number of carbonyl (C=O) groups excluding carboxylic acids is 1. The van der Waals surface area contributed by atoms with Crippen molar-refractivity contribution in [2.45, 2.75) is 33.4 Å². The fourth-order valence-corrected chi connectivity index (χ4v) is 4.27. The molecule has 0 bridgehead atoms. The van der Waals surface area contributed by atoms with E-state index >= 15 is 0 Å². The first-order chi connectivity index (χ1) is 15.5. The Kier molecular flexibility index (Phi) is 7.08. The van der Waals surface area contributed by atoms with Crippen LogP contribution in [0.1, 0.15) is 29.3 Å².